The predicted octanol–water partition coefficient (Wildman–Crippen LogP) is 2.75. The quantitative estimate of drug-likeness (QED) is 0.592. The van der Waals surface area contributed by atoms with E-state index in [-0.39, 0.29) is 22.5 Å². The van der Waals surface area contributed by atoms with Crippen LogP contribution in [0.3, 0.4) is 0 Å². The smallest absolute Gasteiger partial charge is 0.268 e. The van der Waals surface area contributed by atoms with Crippen LogP contribution in [0.4, 0.5) is 0 Å². The van der Waals surface area contributed by atoms with Crippen LogP contribution in [0.15, 0.2) is 77.8 Å². The van der Waals surface area contributed by atoms with Gasteiger partial charge < -0.3 is 15.0 Å². The monoisotopic (exact) mass is 439 g/mol. The molecule has 2 aromatic carbocycles. The number of ether oxygens (including phenoxy) is 1. The van der Waals surface area contributed by atoms with Crippen molar-refractivity contribution in [2.45, 2.75) is 17.4 Å². The minimum atomic E-state index is -3.66. The molecule has 0 bridgehead atoms. The summed E-state index contributed by atoms with van der Waals surface area (Å²) in [4.78, 5) is 15.9. The summed E-state index contributed by atoms with van der Waals surface area (Å²) in [5.74, 6) is -0.354. The van der Waals surface area contributed by atoms with Gasteiger partial charge in [0, 0.05) is 19.3 Å². The van der Waals surface area contributed by atoms with Crippen LogP contribution in [0.1, 0.15) is 27.7 Å². The Kier molecular flexibility index (Phi) is 6.50. The molecular formula is C23H25N3O4S. The molecule has 4 rings (SSSR count). The Morgan fingerprint density at radius 3 is 2.35 bits per heavy atom. The summed E-state index contributed by atoms with van der Waals surface area (Å²) < 4.78 is 32.3. The minimum absolute atomic E-state index is 0.0823. The molecule has 0 radical (unpaired) electrons. The summed E-state index contributed by atoms with van der Waals surface area (Å²) in [5.41, 5.74) is 2.28. The van der Waals surface area contributed by atoms with Gasteiger partial charge in [0.05, 0.1) is 19.3 Å². The van der Waals surface area contributed by atoms with Crippen molar-refractivity contribution in [2.75, 3.05) is 26.3 Å². The highest BCUT2D eigenvalue weighted by atomic mass is 32.2. The van der Waals surface area contributed by atoms with Crippen LogP contribution in [0.25, 0.3) is 0 Å². The van der Waals surface area contributed by atoms with Crippen molar-refractivity contribution in [3.8, 4) is 0 Å². The Morgan fingerprint density at radius 1 is 1.03 bits per heavy atom. The maximum atomic E-state index is 13.0. The van der Waals surface area contributed by atoms with Crippen LogP contribution in [0, 0.1) is 0 Å². The number of nitrogens with one attached hydrogen (secondary N) is 2. The molecule has 31 heavy (non-hydrogen) atoms. The fourth-order valence-corrected chi connectivity index (χ4v) is 5.02. The van der Waals surface area contributed by atoms with Crippen molar-refractivity contribution in [2.24, 2.45) is 0 Å². The van der Waals surface area contributed by atoms with Gasteiger partial charge in [-0.1, -0.05) is 60.7 Å². The molecule has 1 atom stereocenters. The number of aromatic amines is 1. The van der Waals surface area contributed by atoms with E-state index < -0.39 is 10.0 Å². The number of morpholine rings is 1. The lowest BCUT2D eigenvalue weighted by Crippen LogP contribution is -2.40. The molecule has 0 unspecified atom stereocenters. The standard InChI is InChI=1S/C23H25N3O4S/c27-23(22-16-20(17-24-22)31(28,29)26-11-13-30-14-12-26)25-21(19-9-5-2-6-10-19)15-18-7-3-1-4-8-18/h1-10,16-17,21,24H,11-15H2,(H,25,27)/t21-/m1/s1. The molecule has 2 heterocycles. The third-order valence-corrected chi connectivity index (χ3v) is 7.18. The summed E-state index contributed by atoms with van der Waals surface area (Å²) in [5, 5.41) is 3.04. The zero-order valence-electron chi connectivity index (χ0n) is 17.0. The first-order valence-electron chi connectivity index (χ1n) is 10.2. The van der Waals surface area contributed by atoms with Crippen molar-refractivity contribution in [1.29, 1.82) is 0 Å². The first kappa shape index (κ1) is 21.3. The SMILES string of the molecule is O=C(N[C@H](Cc1ccccc1)c1ccccc1)c1cc(S(=O)(=O)N2CCOCC2)c[nH]1. The lowest BCUT2D eigenvalue weighted by molar-refractivity contribution is 0.0730. The van der Waals surface area contributed by atoms with E-state index in [1.165, 1.54) is 16.6 Å². The number of aromatic nitrogens is 1. The second-order valence-corrected chi connectivity index (χ2v) is 9.33. The largest absolute Gasteiger partial charge is 0.379 e. The molecule has 1 fully saturated rings. The Bertz CT molecular complexity index is 1110. The van der Waals surface area contributed by atoms with Crippen LogP contribution >= 0.6 is 0 Å². The molecule has 0 aliphatic carbocycles. The number of hydrogen-bond acceptors (Lipinski definition) is 4. The zero-order valence-corrected chi connectivity index (χ0v) is 17.8. The number of rotatable bonds is 7. The van der Waals surface area contributed by atoms with Gasteiger partial charge in [0.25, 0.3) is 5.91 Å². The second-order valence-electron chi connectivity index (χ2n) is 7.39. The molecule has 1 saturated heterocycles. The molecule has 1 aliphatic rings. The molecule has 162 valence electrons. The first-order valence-corrected chi connectivity index (χ1v) is 11.6. The average Bonchev–Trinajstić information content (AvgIpc) is 3.32. The van der Waals surface area contributed by atoms with Gasteiger partial charge >= 0.3 is 0 Å². The molecule has 7 nitrogen and oxygen atoms in total. The summed E-state index contributed by atoms with van der Waals surface area (Å²) in [6.07, 6.45) is 1.99. The molecule has 0 spiro atoms. The van der Waals surface area contributed by atoms with Crippen molar-refractivity contribution in [1.82, 2.24) is 14.6 Å². The van der Waals surface area contributed by atoms with Gasteiger partial charge in [-0.2, -0.15) is 4.31 Å². The van der Waals surface area contributed by atoms with E-state index >= 15 is 0 Å². The van der Waals surface area contributed by atoms with Crippen molar-refractivity contribution >= 4 is 15.9 Å². The number of H-pyrrole nitrogens is 1. The van der Waals surface area contributed by atoms with E-state index in [0.29, 0.717) is 32.7 Å². The molecule has 1 aromatic heterocycles. The Labute approximate surface area is 182 Å². The van der Waals surface area contributed by atoms with Crippen molar-refractivity contribution < 1.29 is 17.9 Å². The summed E-state index contributed by atoms with van der Waals surface area (Å²) in [6, 6.07) is 20.8. The number of nitrogens with zero attached hydrogens (tertiary/aromatic N) is 1. The number of hydrogen-bond donors (Lipinski definition) is 2. The lowest BCUT2D eigenvalue weighted by Gasteiger charge is -2.25. The van der Waals surface area contributed by atoms with Gasteiger partial charge in [-0.15, -0.1) is 0 Å². The first-order chi connectivity index (χ1) is 15.0. The van der Waals surface area contributed by atoms with Gasteiger partial charge in [-0.05, 0) is 23.6 Å². The second kappa shape index (κ2) is 9.47. The Balaban J connectivity index is 1.52. The third-order valence-electron chi connectivity index (χ3n) is 5.30. The number of carbonyl (C=O) groups is 1. The van der Waals surface area contributed by atoms with Gasteiger partial charge in [0.15, 0.2) is 0 Å². The highest BCUT2D eigenvalue weighted by molar-refractivity contribution is 7.89. The van der Waals surface area contributed by atoms with Gasteiger partial charge in [-0.3, -0.25) is 4.79 Å². The summed E-state index contributed by atoms with van der Waals surface area (Å²) >= 11 is 0. The van der Waals surface area contributed by atoms with Crippen molar-refractivity contribution in [3.05, 3.63) is 89.7 Å². The van der Waals surface area contributed by atoms with E-state index in [1.807, 2.05) is 60.7 Å². The molecule has 3 aromatic rings. The van der Waals surface area contributed by atoms with Crippen LogP contribution in [0.5, 0.6) is 0 Å². The lowest BCUT2D eigenvalue weighted by atomic mass is 9.98. The van der Waals surface area contributed by atoms with Crippen molar-refractivity contribution in [3.63, 3.8) is 0 Å². The number of benzene rings is 2. The highest BCUT2D eigenvalue weighted by Gasteiger charge is 2.28. The van der Waals surface area contributed by atoms with E-state index in [4.69, 9.17) is 4.74 Å². The minimum Gasteiger partial charge on any atom is -0.379 e. The van der Waals surface area contributed by atoms with E-state index in [0.717, 1.165) is 11.1 Å². The summed E-state index contributed by atoms with van der Waals surface area (Å²) in [6.45, 7) is 1.36. The maximum absolute atomic E-state index is 13.0. The van der Waals surface area contributed by atoms with Crippen LogP contribution in [-0.4, -0.2) is 49.9 Å². The fourth-order valence-electron chi connectivity index (χ4n) is 3.61. The zero-order chi connectivity index (χ0) is 21.7. The Morgan fingerprint density at radius 2 is 1.68 bits per heavy atom. The fraction of sp³-hybridized carbons (Fsp3) is 0.261. The van der Waals surface area contributed by atoms with E-state index in [1.54, 1.807) is 0 Å². The predicted molar refractivity (Wildman–Crippen MR) is 117 cm³/mol. The topological polar surface area (TPSA) is 91.5 Å². The van der Waals surface area contributed by atoms with Crippen LogP contribution in [-0.2, 0) is 21.2 Å². The molecule has 2 N–H and O–H groups in total. The molecule has 1 aliphatic heterocycles. The van der Waals surface area contributed by atoms with E-state index in [9.17, 15) is 13.2 Å². The molecule has 8 heteroatoms. The van der Waals surface area contributed by atoms with Crippen LogP contribution in [0.2, 0.25) is 0 Å². The van der Waals surface area contributed by atoms with Gasteiger partial charge in [-0.25, -0.2) is 8.42 Å². The van der Waals surface area contributed by atoms with E-state index in [2.05, 4.69) is 10.3 Å². The molecule has 1 amide bonds. The number of carbonyl (C=O) groups excluding carboxylic acids is 1. The number of sulfonamides is 1. The number of amides is 1. The van der Waals surface area contributed by atoms with Gasteiger partial charge in [0.1, 0.15) is 10.6 Å². The highest BCUT2D eigenvalue weighted by Crippen LogP contribution is 2.21. The third kappa shape index (κ3) is 5.04. The summed E-state index contributed by atoms with van der Waals surface area (Å²) in [7, 11) is -3.66. The maximum Gasteiger partial charge on any atom is 0.268 e. The molecule has 0 saturated carbocycles. The van der Waals surface area contributed by atoms with Gasteiger partial charge in [0.2, 0.25) is 10.0 Å². The normalized spacial score (nSPS) is 16.0. The van der Waals surface area contributed by atoms with Crippen LogP contribution < -0.4 is 5.32 Å². The average molecular weight is 440 g/mol. The molecular weight excluding hydrogens is 414 g/mol. The Hall–Kier alpha value is -2.94.